The summed E-state index contributed by atoms with van der Waals surface area (Å²) in [6.07, 6.45) is 1.21. The maximum atomic E-state index is 12.0. The zero-order valence-electron chi connectivity index (χ0n) is 12.6. The lowest BCUT2D eigenvalue weighted by atomic mass is 9.97. The fourth-order valence-corrected chi connectivity index (χ4v) is 2.24. The Hall–Kier alpha value is -3.22. The first-order valence-corrected chi connectivity index (χ1v) is 6.71. The van der Waals surface area contributed by atoms with Gasteiger partial charge in [0.25, 0.3) is 5.69 Å². The summed E-state index contributed by atoms with van der Waals surface area (Å²) in [5, 5.41) is 21.3. The molecule has 0 aliphatic heterocycles. The van der Waals surface area contributed by atoms with E-state index in [1.807, 2.05) is 0 Å². The molecular formula is C16H15N3O4. The number of nitro benzene ring substituents is 1. The van der Waals surface area contributed by atoms with Gasteiger partial charge >= 0.3 is 5.97 Å². The van der Waals surface area contributed by atoms with Crippen molar-refractivity contribution in [3.8, 4) is 11.1 Å². The number of ether oxygens (including phenoxy) is 1. The molecule has 7 nitrogen and oxygen atoms in total. The van der Waals surface area contributed by atoms with Crippen molar-refractivity contribution in [2.45, 2.75) is 0 Å². The monoisotopic (exact) mass is 313 g/mol. The van der Waals surface area contributed by atoms with Gasteiger partial charge in [0.05, 0.1) is 17.6 Å². The summed E-state index contributed by atoms with van der Waals surface area (Å²) in [5.41, 5.74) is 2.56. The first kappa shape index (κ1) is 16.2. The SMILES string of the molecule is CNc1cc(-c2ccc([N+](=O)[O-])cc2C(=O)OC)ccc1C=N. The van der Waals surface area contributed by atoms with Crippen LogP contribution in [0.25, 0.3) is 11.1 Å². The summed E-state index contributed by atoms with van der Waals surface area (Å²) in [6, 6.07) is 9.30. The van der Waals surface area contributed by atoms with E-state index in [9.17, 15) is 14.9 Å². The first-order valence-electron chi connectivity index (χ1n) is 6.71. The highest BCUT2D eigenvalue weighted by atomic mass is 16.6. The number of methoxy groups -OCH3 is 1. The summed E-state index contributed by atoms with van der Waals surface area (Å²) < 4.78 is 4.72. The van der Waals surface area contributed by atoms with Crippen LogP contribution in [0.3, 0.4) is 0 Å². The van der Waals surface area contributed by atoms with Crippen molar-refractivity contribution >= 4 is 23.6 Å². The molecule has 0 aromatic heterocycles. The Morgan fingerprint density at radius 2 is 2.04 bits per heavy atom. The van der Waals surface area contributed by atoms with Gasteiger partial charge in [-0.2, -0.15) is 0 Å². The van der Waals surface area contributed by atoms with Gasteiger partial charge < -0.3 is 15.5 Å². The number of carbonyl (C=O) groups excluding carboxylic acids is 1. The number of nitrogens with zero attached hydrogens (tertiary/aromatic N) is 1. The van der Waals surface area contributed by atoms with Crippen LogP contribution < -0.4 is 5.32 Å². The Bertz CT molecular complexity index is 787. The van der Waals surface area contributed by atoms with E-state index >= 15 is 0 Å². The van der Waals surface area contributed by atoms with Gasteiger partial charge in [-0.3, -0.25) is 10.1 Å². The molecule has 23 heavy (non-hydrogen) atoms. The molecule has 0 fully saturated rings. The lowest BCUT2D eigenvalue weighted by Crippen LogP contribution is -2.05. The van der Waals surface area contributed by atoms with Crippen molar-refractivity contribution in [3.05, 3.63) is 57.6 Å². The molecular weight excluding hydrogens is 298 g/mol. The highest BCUT2D eigenvalue weighted by molar-refractivity contribution is 5.99. The second kappa shape index (κ2) is 6.69. The molecule has 0 saturated carbocycles. The van der Waals surface area contributed by atoms with E-state index in [1.165, 1.54) is 31.5 Å². The number of hydrogen-bond acceptors (Lipinski definition) is 6. The lowest BCUT2D eigenvalue weighted by molar-refractivity contribution is -0.384. The fraction of sp³-hybridized carbons (Fsp3) is 0.125. The lowest BCUT2D eigenvalue weighted by Gasteiger charge is -2.11. The van der Waals surface area contributed by atoms with Gasteiger partial charge in [0.15, 0.2) is 0 Å². The van der Waals surface area contributed by atoms with Crippen molar-refractivity contribution < 1.29 is 14.5 Å². The molecule has 2 aromatic rings. The molecule has 0 radical (unpaired) electrons. The third-order valence-electron chi connectivity index (χ3n) is 3.41. The van der Waals surface area contributed by atoms with Gasteiger partial charge in [0.2, 0.25) is 0 Å². The number of non-ortho nitro benzene ring substituents is 1. The second-order valence-corrected chi connectivity index (χ2v) is 4.67. The van der Waals surface area contributed by atoms with E-state index < -0.39 is 10.9 Å². The maximum absolute atomic E-state index is 12.0. The minimum Gasteiger partial charge on any atom is -0.465 e. The topological polar surface area (TPSA) is 105 Å². The summed E-state index contributed by atoms with van der Waals surface area (Å²) >= 11 is 0. The molecule has 0 unspecified atom stereocenters. The second-order valence-electron chi connectivity index (χ2n) is 4.67. The van der Waals surface area contributed by atoms with Crippen LogP contribution in [-0.2, 0) is 4.74 Å². The predicted molar refractivity (Wildman–Crippen MR) is 87.3 cm³/mol. The standard InChI is InChI=1S/C16H15N3O4/c1-18-15-7-10(3-4-11(15)9-17)13-6-5-12(19(21)22)8-14(13)16(20)23-2/h3-9,17-18H,1-2H3. The van der Waals surface area contributed by atoms with Crippen LogP contribution in [0.5, 0.6) is 0 Å². The maximum Gasteiger partial charge on any atom is 0.338 e. The van der Waals surface area contributed by atoms with Gasteiger partial charge in [0, 0.05) is 36.6 Å². The van der Waals surface area contributed by atoms with Gasteiger partial charge in [0.1, 0.15) is 0 Å². The highest BCUT2D eigenvalue weighted by Gasteiger charge is 2.18. The molecule has 0 aliphatic rings. The normalized spacial score (nSPS) is 10.0. The van der Waals surface area contributed by atoms with Gasteiger partial charge in [-0.1, -0.05) is 12.1 Å². The van der Waals surface area contributed by atoms with E-state index in [1.54, 1.807) is 25.2 Å². The quantitative estimate of drug-likeness (QED) is 0.382. The Labute approximate surface area is 132 Å². The summed E-state index contributed by atoms with van der Waals surface area (Å²) in [6.45, 7) is 0. The molecule has 7 heteroatoms. The average Bonchev–Trinajstić information content (AvgIpc) is 2.59. The summed E-state index contributed by atoms with van der Waals surface area (Å²) in [5.74, 6) is -0.647. The van der Waals surface area contributed by atoms with E-state index in [0.717, 1.165) is 0 Å². The Kier molecular flexibility index (Phi) is 4.70. The molecule has 0 bridgehead atoms. The van der Waals surface area contributed by atoms with Crippen LogP contribution >= 0.6 is 0 Å². The molecule has 2 aromatic carbocycles. The number of esters is 1. The van der Waals surface area contributed by atoms with E-state index in [-0.39, 0.29) is 11.3 Å². The molecule has 0 saturated heterocycles. The smallest absolute Gasteiger partial charge is 0.338 e. The first-order chi connectivity index (χ1) is 11.0. The molecule has 0 heterocycles. The molecule has 0 spiro atoms. The van der Waals surface area contributed by atoms with E-state index in [0.29, 0.717) is 22.4 Å². The molecule has 2 N–H and O–H groups in total. The van der Waals surface area contributed by atoms with Gasteiger partial charge in [-0.25, -0.2) is 4.79 Å². The van der Waals surface area contributed by atoms with Crippen molar-refractivity contribution in [1.82, 2.24) is 0 Å². The summed E-state index contributed by atoms with van der Waals surface area (Å²) in [4.78, 5) is 22.3. The zero-order chi connectivity index (χ0) is 17.0. The summed E-state index contributed by atoms with van der Waals surface area (Å²) in [7, 11) is 2.95. The largest absolute Gasteiger partial charge is 0.465 e. The van der Waals surface area contributed by atoms with Crippen molar-refractivity contribution in [2.75, 3.05) is 19.5 Å². The van der Waals surface area contributed by atoms with Crippen LogP contribution in [0.4, 0.5) is 11.4 Å². The number of carbonyl (C=O) groups is 1. The van der Waals surface area contributed by atoms with E-state index in [2.05, 4.69) is 5.32 Å². The van der Waals surface area contributed by atoms with Crippen molar-refractivity contribution in [3.63, 3.8) is 0 Å². The Balaban J connectivity index is 2.64. The number of nitro groups is 1. The van der Waals surface area contributed by atoms with Crippen molar-refractivity contribution in [2.24, 2.45) is 0 Å². The number of rotatable bonds is 5. The molecule has 118 valence electrons. The minimum atomic E-state index is -0.647. The van der Waals surface area contributed by atoms with Gasteiger partial charge in [-0.15, -0.1) is 0 Å². The zero-order valence-corrected chi connectivity index (χ0v) is 12.6. The van der Waals surface area contributed by atoms with Crippen LogP contribution in [0.15, 0.2) is 36.4 Å². The molecule has 0 aliphatic carbocycles. The Morgan fingerprint density at radius 1 is 1.30 bits per heavy atom. The predicted octanol–water partition coefficient (Wildman–Crippen LogP) is 3.09. The highest BCUT2D eigenvalue weighted by Crippen LogP contribution is 2.30. The average molecular weight is 313 g/mol. The van der Waals surface area contributed by atoms with Gasteiger partial charge in [-0.05, 0) is 23.3 Å². The third kappa shape index (κ3) is 3.18. The van der Waals surface area contributed by atoms with Crippen LogP contribution in [0.1, 0.15) is 15.9 Å². The van der Waals surface area contributed by atoms with Crippen LogP contribution in [0, 0.1) is 15.5 Å². The fourth-order valence-electron chi connectivity index (χ4n) is 2.24. The number of hydrogen-bond donors (Lipinski definition) is 2. The number of benzene rings is 2. The third-order valence-corrected chi connectivity index (χ3v) is 3.41. The molecule has 2 rings (SSSR count). The van der Waals surface area contributed by atoms with Crippen LogP contribution in [0.2, 0.25) is 0 Å². The van der Waals surface area contributed by atoms with E-state index in [4.69, 9.17) is 10.1 Å². The minimum absolute atomic E-state index is 0.117. The molecule has 0 amide bonds. The Morgan fingerprint density at radius 3 is 2.61 bits per heavy atom. The van der Waals surface area contributed by atoms with Crippen LogP contribution in [-0.4, -0.2) is 31.3 Å². The number of nitrogens with one attached hydrogen (secondary N) is 2. The molecule has 0 atom stereocenters. The number of anilines is 1. The van der Waals surface area contributed by atoms with Crippen molar-refractivity contribution in [1.29, 1.82) is 5.41 Å².